The number of nitrogens with zero attached hydrogens (tertiary/aromatic N) is 5. The third-order valence-electron chi connectivity index (χ3n) is 5.55. The number of carbonyl (C=O) groups is 2. The largest absolute Gasteiger partial charge is 0.466 e. The van der Waals surface area contributed by atoms with Crippen molar-refractivity contribution >= 4 is 29.3 Å². The van der Waals surface area contributed by atoms with E-state index in [4.69, 9.17) is 21.1 Å². The first-order valence-corrected chi connectivity index (χ1v) is 10.8. The third kappa shape index (κ3) is 4.73. The molecule has 2 atom stereocenters. The van der Waals surface area contributed by atoms with E-state index >= 15 is 0 Å². The molecule has 4 heterocycles. The number of hydrogen-bond donors (Lipinski definition) is 1. The van der Waals surface area contributed by atoms with Crippen LogP contribution < -0.4 is 4.90 Å². The van der Waals surface area contributed by atoms with Crippen molar-refractivity contribution in [2.45, 2.75) is 38.8 Å². The number of aliphatic hydroxyl groups is 1. The SMILES string of the molecule is CCOC(=O)CC1CCN(C(O)OC2c3nccnc3C(=O)N2c2ccc(Cl)cn2)CC1. The average Bonchev–Trinajstić information content (AvgIpc) is 3.07. The van der Waals surface area contributed by atoms with Gasteiger partial charge in [0.1, 0.15) is 11.5 Å². The Hall–Kier alpha value is -2.66. The second-order valence-corrected chi connectivity index (χ2v) is 8.04. The Balaban J connectivity index is 1.46. The van der Waals surface area contributed by atoms with Crippen LogP contribution in [0, 0.1) is 5.92 Å². The van der Waals surface area contributed by atoms with Crippen molar-refractivity contribution < 1.29 is 24.2 Å². The van der Waals surface area contributed by atoms with E-state index in [1.807, 2.05) is 0 Å². The number of amides is 1. The molecule has 32 heavy (non-hydrogen) atoms. The lowest BCUT2D eigenvalue weighted by Gasteiger charge is -2.36. The summed E-state index contributed by atoms with van der Waals surface area (Å²) >= 11 is 5.93. The summed E-state index contributed by atoms with van der Waals surface area (Å²) in [6.45, 7) is 3.23. The van der Waals surface area contributed by atoms with Gasteiger partial charge in [0.05, 0.1) is 11.6 Å². The summed E-state index contributed by atoms with van der Waals surface area (Å²) in [7, 11) is 0. The first-order chi connectivity index (χ1) is 15.5. The van der Waals surface area contributed by atoms with Crippen LogP contribution in [0.25, 0.3) is 0 Å². The van der Waals surface area contributed by atoms with E-state index in [2.05, 4.69) is 15.0 Å². The van der Waals surface area contributed by atoms with Crippen molar-refractivity contribution in [3.05, 3.63) is 47.1 Å². The minimum absolute atomic E-state index is 0.148. The Morgan fingerprint density at radius 3 is 2.69 bits per heavy atom. The van der Waals surface area contributed by atoms with Gasteiger partial charge in [-0.2, -0.15) is 0 Å². The maximum absolute atomic E-state index is 13.0. The van der Waals surface area contributed by atoms with Crippen LogP contribution in [0.15, 0.2) is 30.7 Å². The zero-order chi connectivity index (χ0) is 22.7. The smallest absolute Gasteiger partial charge is 0.306 e. The molecule has 11 heteroatoms. The van der Waals surface area contributed by atoms with Crippen LogP contribution in [-0.4, -0.2) is 62.9 Å². The number of rotatable bonds is 7. The van der Waals surface area contributed by atoms with Gasteiger partial charge in [-0.3, -0.25) is 24.4 Å². The molecule has 2 aromatic rings. The minimum atomic E-state index is -1.28. The van der Waals surface area contributed by atoms with Crippen LogP contribution in [0.5, 0.6) is 0 Å². The number of carbonyl (C=O) groups excluding carboxylic acids is 2. The number of aromatic nitrogens is 3. The molecule has 2 aliphatic rings. The van der Waals surface area contributed by atoms with E-state index in [0.29, 0.717) is 42.7 Å². The van der Waals surface area contributed by atoms with Crippen LogP contribution in [-0.2, 0) is 14.3 Å². The average molecular weight is 462 g/mol. The highest BCUT2D eigenvalue weighted by Crippen LogP contribution is 2.36. The van der Waals surface area contributed by atoms with Crippen LogP contribution in [0.2, 0.25) is 5.02 Å². The summed E-state index contributed by atoms with van der Waals surface area (Å²) in [5.41, 5.74) is 0.458. The standard InChI is InChI=1S/C21H24ClN5O5/c1-2-31-16(28)11-13-5-9-26(10-6-13)21(30)32-20-18-17(23-7-8-24-18)19(29)27(20)15-4-3-14(22)12-25-15/h3-4,7-8,12-13,20-21,30H,2,5-6,9-11H2,1H3. The van der Waals surface area contributed by atoms with E-state index in [-0.39, 0.29) is 17.6 Å². The Kier molecular flexibility index (Phi) is 6.95. The molecule has 2 aromatic heterocycles. The van der Waals surface area contributed by atoms with Gasteiger partial charge in [0, 0.05) is 38.1 Å². The molecule has 4 rings (SSSR count). The second-order valence-electron chi connectivity index (χ2n) is 7.60. The van der Waals surface area contributed by atoms with E-state index in [9.17, 15) is 14.7 Å². The van der Waals surface area contributed by atoms with Crippen molar-refractivity contribution in [2.75, 3.05) is 24.6 Å². The molecule has 10 nitrogen and oxygen atoms in total. The quantitative estimate of drug-likeness (QED) is 0.488. The molecular formula is C21H24ClN5O5. The maximum atomic E-state index is 13.0. The minimum Gasteiger partial charge on any atom is -0.466 e. The molecule has 1 N–H and O–H groups in total. The topological polar surface area (TPSA) is 118 Å². The van der Waals surface area contributed by atoms with Gasteiger partial charge < -0.3 is 14.6 Å². The highest BCUT2D eigenvalue weighted by molar-refractivity contribution is 6.30. The predicted molar refractivity (Wildman–Crippen MR) is 113 cm³/mol. The van der Waals surface area contributed by atoms with Crippen molar-refractivity contribution in [3.63, 3.8) is 0 Å². The van der Waals surface area contributed by atoms with Crippen LogP contribution in [0.3, 0.4) is 0 Å². The van der Waals surface area contributed by atoms with Gasteiger partial charge >= 0.3 is 5.97 Å². The lowest BCUT2D eigenvalue weighted by atomic mass is 9.94. The molecular weight excluding hydrogens is 438 g/mol. The van der Waals surface area contributed by atoms with Crippen LogP contribution in [0.4, 0.5) is 5.82 Å². The lowest BCUT2D eigenvalue weighted by molar-refractivity contribution is -0.223. The van der Waals surface area contributed by atoms with Gasteiger partial charge in [-0.15, -0.1) is 0 Å². The van der Waals surface area contributed by atoms with Gasteiger partial charge in [0.25, 0.3) is 5.91 Å². The van der Waals surface area contributed by atoms with Gasteiger partial charge in [0.15, 0.2) is 11.9 Å². The monoisotopic (exact) mass is 461 g/mol. The van der Waals surface area contributed by atoms with Gasteiger partial charge in [-0.25, -0.2) is 9.97 Å². The molecule has 1 fully saturated rings. The van der Waals surface area contributed by atoms with E-state index in [1.165, 1.54) is 23.5 Å². The van der Waals surface area contributed by atoms with Crippen molar-refractivity contribution in [2.24, 2.45) is 5.92 Å². The molecule has 0 radical (unpaired) electrons. The fourth-order valence-corrected chi connectivity index (χ4v) is 4.04. The molecule has 0 saturated carbocycles. The Morgan fingerprint density at radius 1 is 1.25 bits per heavy atom. The zero-order valence-corrected chi connectivity index (χ0v) is 18.3. The molecule has 170 valence electrons. The van der Waals surface area contributed by atoms with E-state index < -0.39 is 18.5 Å². The first-order valence-electron chi connectivity index (χ1n) is 10.5. The number of piperidine rings is 1. The summed E-state index contributed by atoms with van der Waals surface area (Å²) < 4.78 is 10.9. The number of likely N-dealkylation sites (tertiary alicyclic amines) is 1. The summed E-state index contributed by atoms with van der Waals surface area (Å²) in [5.74, 6) is -0.113. The molecule has 0 bridgehead atoms. The number of hydrogen-bond acceptors (Lipinski definition) is 9. The fourth-order valence-electron chi connectivity index (χ4n) is 3.93. The second kappa shape index (κ2) is 9.86. The highest BCUT2D eigenvalue weighted by atomic mass is 35.5. The molecule has 2 unspecified atom stereocenters. The number of fused-ring (bicyclic) bond motifs is 1. The number of pyridine rings is 1. The van der Waals surface area contributed by atoms with Crippen LogP contribution in [0.1, 0.15) is 48.6 Å². The van der Waals surface area contributed by atoms with Gasteiger partial charge in [-0.05, 0) is 37.8 Å². The van der Waals surface area contributed by atoms with E-state index in [1.54, 1.807) is 24.0 Å². The highest BCUT2D eigenvalue weighted by Gasteiger charge is 2.43. The summed E-state index contributed by atoms with van der Waals surface area (Å²) in [4.78, 5) is 40.4. The molecule has 1 saturated heterocycles. The van der Waals surface area contributed by atoms with E-state index in [0.717, 1.165) is 12.8 Å². The third-order valence-corrected chi connectivity index (χ3v) is 5.77. The molecule has 0 spiro atoms. The summed E-state index contributed by atoms with van der Waals surface area (Å²) in [6, 6.07) is 3.21. The summed E-state index contributed by atoms with van der Waals surface area (Å²) in [6.07, 6.45) is 3.87. The Bertz CT molecular complexity index is 967. The first kappa shape index (κ1) is 22.5. The number of anilines is 1. The summed E-state index contributed by atoms with van der Waals surface area (Å²) in [5, 5.41) is 11.2. The Labute approximate surface area is 190 Å². The molecule has 2 aliphatic heterocycles. The zero-order valence-electron chi connectivity index (χ0n) is 17.6. The normalized spacial score (nSPS) is 20.3. The van der Waals surface area contributed by atoms with Gasteiger partial charge in [0.2, 0.25) is 6.41 Å². The van der Waals surface area contributed by atoms with Gasteiger partial charge in [-0.1, -0.05) is 11.6 Å². The molecule has 1 amide bonds. The number of aliphatic hydroxyl groups excluding tert-OH is 1. The van der Waals surface area contributed by atoms with Crippen LogP contribution >= 0.6 is 11.6 Å². The fraction of sp³-hybridized carbons (Fsp3) is 0.476. The molecule has 0 aliphatic carbocycles. The van der Waals surface area contributed by atoms with Crippen molar-refractivity contribution in [1.82, 2.24) is 19.9 Å². The van der Waals surface area contributed by atoms with Crippen molar-refractivity contribution in [3.8, 4) is 0 Å². The van der Waals surface area contributed by atoms with Crippen molar-refractivity contribution in [1.29, 1.82) is 0 Å². The maximum Gasteiger partial charge on any atom is 0.306 e. The Morgan fingerprint density at radius 2 is 2.00 bits per heavy atom. The lowest BCUT2D eigenvalue weighted by Crippen LogP contribution is -2.45. The number of halogens is 1. The number of esters is 1. The molecule has 0 aromatic carbocycles. The number of ether oxygens (including phenoxy) is 2. The predicted octanol–water partition coefficient (Wildman–Crippen LogP) is 2.14.